The number of hydrogen-bond donors (Lipinski definition) is 1. The lowest BCUT2D eigenvalue weighted by Gasteiger charge is -2.11. The van der Waals surface area contributed by atoms with Crippen LogP contribution in [0.4, 0.5) is 0 Å². The lowest BCUT2D eigenvalue weighted by Crippen LogP contribution is -2.22. The average Bonchev–Trinajstić information content (AvgIpc) is 3.03. The predicted molar refractivity (Wildman–Crippen MR) is 79.0 cm³/mol. The first-order valence-corrected chi connectivity index (χ1v) is 6.69. The molecular weight excluding hydrogens is 266 g/mol. The van der Waals surface area contributed by atoms with Gasteiger partial charge in [0.05, 0.1) is 11.9 Å². The van der Waals surface area contributed by atoms with Crippen molar-refractivity contribution in [3.8, 4) is 17.3 Å². The number of nitrogens with one attached hydrogen (secondary N) is 1. The van der Waals surface area contributed by atoms with E-state index >= 15 is 0 Å². The zero-order valence-electron chi connectivity index (χ0n) is 12.1. The molecule has 0 saturated carbocycles. The molecule has 0 amide bonds. The molecule has 0 unspecified atom stereocenters. The van der Waals surface area contributed by atoms with Crippen molar-refractivity contribution in [2.24, 2.45) is 7.05 Å². The summed E-state index contributed by atoms with van der Waals surface area (Å²) >= 11 is 0. The highest BCUT2D eigenvalue weighted by atomic mass is 16.1. The Labute approximate surface area is 121 Å². The first kappa shape index (κ1) is 13.2. The molecule has 106 valence electrons. The standard InChI is InChI=1S/C15H15N5O/c1-9(2)12-13(10-4-5-19(3)8-10)18-14-11(6-16)7-17-20(14)15(12)21/h4-5,7-9,18H,1-3H3. The fraction of sp³-hybridized carbons (Fsp3) is 0.267. The summed E-state index contributed by atoms with van der Waals surface area (Å²) in [6.45, 7) is 3.94. The zero-order valence-corrected chi connectivity index (χ0v) is 12.1. The Bertz CT molecular complexity index is 920. The topological polar surface area (TPSA) is 78.9 Å². The zero-order chi connectivity index (χ0) is 15.1. The molecule has 0 radical (unpaired) electrons. The van der Waals surface area contributed by atoms with Gasteiger partial charge in [-0.15, -0.1) is 0 Å². The summed E-state index contributed by atoms with van der Waals surface area (Å²) in [4.78, 5) is 15.9. The molecule has 0 spiro atoms. The average molecular weight is 281 g/mol. The molecule has 0 saturated heterocycles. The molecular formula is C15H15N5O. The maximum Gasteiger partial charge on any atom is 0.278 e. The minimum atomic E-state index is -0.181. The second kappa shape index (κ2) is 4.63. The predicted octanol–water partition coefficient (Wildman–Crippen LogP) is 2.02. The first-order chi connectivity index (χ1) is 10.0. The van der Waals surface area contributed by atoms with Gasteiger partial charge in [-0.25, -0.2) is 0 Å². The van der Waals surface area contributed by atoms with Gasteiger partial charge in [0.15, 0.2) is 5.65 Å². The molecule has 3 heterocycles. The number of hydrogen-bond acceptors (Lipinski definition) is 3. The van der Waals surface area contributed by atoms with Crippen LogP contribution in [0.5, 0.6) is 0 Å². The van der Waals surface area contributed by atoms with Crippen molar-refractivity contribution in [1.82, 2.24) is 19.2 Å². The van der Waals surface area contributed by atoms with Gasteiger partial charge in [-0.1, -0.05) is 13.8 Å². The van der Waals surface area contributed by atoms with Crippen molar-refractivity contribution >= 4 is 5.65 Å². The van der Waals surface area contributed by atoms with Crippen LogP contribution in [0.15, 0.2) is 29.5 Å². The van der Waals surface area contributed by atoms with Gasteiger partial charge in [-0.05, 0) is 12.0 Å². The Hall–Kier alpha value is -2.81. The van der Waals surface area contributed by atoms with E-state index in [1.807, 2.05) is 43.9 Å². The molecule has 1 N–H and O–H groups in total. The molecule has 3 aromatic heterocycles. The lowest BCUT2D eigenvalue weighted by molar-refractivity contribution is 0.797. The van der Waals surface area contributed by atoms with Crippen molar-refractivity contribution in [1.29, 1.82) is 5.26 Å². The van der Waals surface area contributed by atoms with Gasteiger partial charge in [-0.3, -0.25) is 4.79 Å². The highest BCUT2D eigenvalue weighted by molar-refractivity contribution is 5.67. The van der Waals surface area contributed by atoms with Crippen LogP contribution in [0.25, 0.3) is 16.9 Å². The van der Waals surface area contributed by atoms with Crippen LogP contribution in [0.3, 0.4) is 0 Å². The lowest BCUT2D eigenvalue weighted by atomic mass is 10.00. The summed E-state index contributed by atoms with van der Waals surface area (Å²) in [5, 5.41) is 13.1. The van der Waals surface area contributed by atoms with Gasteiger partial charge >= 0.3 is 0 Å². The largest absolute Gasteiger partial charge is 0.357 e. The van der Waals surface area contributed by atoms with E-state index in [0.717, 1.165) is 11.3 Å². The van der Waals surface area contributed by atoms with Gasteiger partial charge in [0.25, 0.3) is 5.56 Å². The molecule has 3 aromatic rings. The minimum absolute atomic E-state index is 0.0445. The number of nitriles is 1. The highest BCUT2D eigenvalue weighted by Gasteiger charge is 2.19. The molecule has 0 aliphatic carbocycles. The third-order valence-corrected chi connectivity index (χ3v) is 3.52. The van der Waals surface area contributed by atoms with E-state index in [1.54, 1.807) is 0 Å². The van der Waals surface area contributed by atoms with Gasteiger partial charge in [0, 0.05) is 30.6 Å². The van der Waals surface area contributed by atoms with Crippen LogP contribution in [-0.2, 0) is 7.05 Å². The Balaban J connectivity index is 2.44. The maximum atomic E-state index is 12.7. The molecule has 0 atom stereocenters. The Morgan fingerprint density at radius 1 is 1.43 bits per heavy atom. The molecule has 0 bridgehead atoms. The Kier molecular flexibility index (Phi) is 2.91. The van der Waals surface area contributed by atoms with Crippen LogP contribution in [0.1, 0.15) is 30.9 Å². The quantitative estimate of drug-likeness (QED) is 0.780. The van der Waals surface area contributed by atoms with Crippen LogP contribution in [-0.4, -0.2) is 19.2 Å². The molecule has 0 aliphatic rings. The van der Waals surface area contributed by atoms with Crippen LogP contribution >= 0.6 is 0 Å². The highest BCUT2D eigenvalue weighted by Crippen LogP contribution is 2.26. The second-order valence-electron chi connectivity index (χ2n) is 5.37. The van der Waals surface area contributed by atoms with Crippen molar-refractivity contribution in [3.63, 3.8) is 0 Å². The molecule has 6 heteroatoms. The fourth-order valence-electron chi connectivity index (χ4n) is 2.53. The summed E-state index contributed by atoms with van der Waals surface area (Å²) in [6.07, 6.45) is 5.27. The number of rotatable bonds is 2. The van der Waals surface area contributed by atoms with Crippen molar-refractivity contribution in [3.05, 3.63) is 46.1 Å². The monoisotopic (exact) mass is 281 g/mol. The Morgan fingerprint density at radius 3 is 2.76 bits per heavy atom. The number of nitrogens with zero attached hydrogens (tertiary/aromatic N) is 4. The van der Waals surface area contributed by atoms with Gasteiger partial charge in [0.2, 0.25) is 0 Å². The van der Waals surface area contributed by atoms with Crippen LogP contribution in [0.2, 0.25) is 0 Å². The molecule has 0 aromatic carbocycles. The van der Waals surface area contributed by atoms with E-state index in [0.29, 0.717) is 16.8 Å². The smallest absolute Gasteiger partial charge is 0.278 e. The third kappa shape index (κ3) is 1.94. The second-order valence-corrected chi connectivity index (χ2v) is 5.37. The van der Waals surface area contributed by atoms with E-state index in [-0.39, 0.29) is 11.5 Å². The van der Waals surface area contributed by atoms with E-state index in [4.69, 9.17) is 5.26 Å². The van der Waals surface area contributed by atoms with Gasteiger partial charge in [-0.2, -0.15) is 14.9 Å². The van der Waals surface area contributed by atoms with Crippen LogP contribution < -0.4 is 5.56 Å². The maximum absolute atomic E-state index is 12.7. The number of H-pyrrole nitrogens is 1. The number of aromatic amines is 1. The molecule has 3 rings (SSSR count). The van der Waals surface area contributed by atoms with E-state index in [9.17, 15) is 4.79 Å². The van der Waals surface area contributed by atoms with E-state index in [2.05, 4.69) is 16.2 Å². The Morgan fingerprint density at radius 2 is 2.19 bits per heavy atom. The molecule has 6 nitrogen and oxygen atoms in total. The normalized spacial score (nSPS) is 11.2. The third-order valence-electron chi connectivity index (χ3n) is 3.52. The summed E-state index contributed by atoms with van der Waals surface area (Å²) in [6, 6.07) is 3.99. The molecule has 0 aliphatic heterocycles. The number of aromatic nitrogens is 4. The van der Waals surface area contributed by atoms with Gasteiger partial charge in [0.1, 0.15) is 11.6 Å². The fourth-order valence-corrected chi connectivity index (χ4v) is 2.53. The first-order valence-electron chi connectivity index (χ1n) is 6.69. The number of aryl methyl sites for hydroxylation is 1. The molecule has 21 heavy (non-hydrogen) atoms. The van der Waals surface area contributed by atoms with Crippen molar-refractivity contribution in [2.45, 2.75) is 19.8 Å². The number of fused-ring (bicyclic) bond motifs is 1. The van der Waals surface area contributed by atoms with Crippen molar-refractivity contribution < 1.29 is 0 Å². The molecule has 0 fully saturated rings. The summed E-state index contributed by atoms with van der Waals surface area (Å²) in [5.74, 6) is 0.0445. The summed E-state index contributed by atoms with van der Waals surface area (Å²) < 4.78 is 3.18. The SMILES string of the molecule is CC(C)c1c(-c2ccn(C)c2)[nH]c2c(C#N)cnn2c1=O. The van der Waals surface area contributed by atoms with E-state index < -0.39 is 0 Å². The summed E-state index contributed by atoms with van der Waals surface area (Å²) in [5.41, 5.74) is 2.96. The van der Waals surface area contributed by atoms with Crippen LogP contribution in [0, 0.1) is 11.3 Å². The van der Waals surface area contributed by atoms with Crippen molar-refractivity contribution in [2.75, 3.05) is 0 Å². The van der Waals surface area contributed by atoms with E-state index in [1.165, 1.54) is 10.7 Å². The summed E-state index contributed by atoms with van der Waals surface area (Å²) in [7, 11) is 1.93. The van der Waals surface area contributed by atoms with Gasteiger partial charge < -0.3 is 9.55 Å². The minimum Gasteiger partial charge on any atom is -0.357 e.